The van der Waals surface area contributed by atoms with Gasteiger partial charge in [0, 0.05) is 30.1 Å². The Morgan fingerprint density at radius 3 is 2.80 bits per heavy atom. The molecule has 5 heteroatoms. The lowest BCUT2D eigenvalue weighted by molar-refractivity contribution is 0.448. The number of aromatic nitrogens is 3. The van der Waals surface area contributed by atoms with Crippen molar-refractivity contribution in [1.29, 1.82) is 0 Å². The highest BCUT2D eigenvalue weighted by molar-refractivity contribution is 7.12. The Morgan fingerprint density at radius 2 is 2.15 bits per heavy atom. The SMILES string of the molecule is Cn1cc(-c2nc(CCN)sc2C2CCCCC2)cn1. The van der Waals surface area contributed by atoms with Crippen LogP contribution in [0.5, 0.6) is 0 Å². The van der Waals surface area contributed by atoms with Gasteiger partial charge in [0.25, 0.3) is 0 Å². The Kier molecular flexibility index (Phi) is 4.17. The van der Waals surface area contributed by atoms with Gasteiger partial charge in [-0.1, -0.05) is 19.3 Å². The summed E-state index contributed by atoms with van der Waals surface area (Å²) in [6, 6.07) is 0. The molecule has 0 amide bonds. The maximum absolute atomic E-state index is 5.69. The summed E-state index contributed by atoms with van der Waals surface area (Å²) in [4.78, 5) is 6.30. The first-order valence-corrected chi connectivity index (χ1v) is 8.28. The van der Waals surface area contributed by atoms with Crippen LogP contribution in [0.2, 0.25) is 0 Å². The van der Waals surface area contributed by atoms with Crippen LogP contribution in [-0.4, -0.2) is 21.3 Å². The van der Waals surface area contributed by atoms with E-state index >= 15 is 0 Å². The van der Waals surface area contributed by atoms with Crippen LogP contribution < -0.4 is 5.73 Å². The number of nitrogens with two attached hydrogens (primary N) is 1. The molecule has 1 fully saturated rings. The standard InChI is InChI=1S/C15H22N4S/c1-19-10-12(9-17-19)14-15(11-5-3-2-4-6-11)20-13(18-14)7-8-16/h9-11H,2-8,16H2,1H3. The van der Waals surface area contributed by atoms with Crippen LogP contribution in [0, 0.1) is 0 Å². The molecule has 1 aliphatic carbocycles. The molecule has 20 heavy (non-hydrogen) atoms. The van der Waals surface area contributed by atoms with Crippen molar-refractivity contribution in [3.05, 3.63) is 22.3 Å². The van der Waals surface area contributed by atoms with E-state index in [9.17, 15) is 0 Å². The first kappa shape index (κ1) is 13.8. The first-order chi connectivity index (χ1) is 9.78. The normalized spacial score (nSPS) is 16.7. The van der Waals surface area contributed by atoms with E-state index in [4.69, 9.17) is 10.7 Å². The molecule has 0 aromatic carbocycles. The average molecular weight is 290 g/mol. The van der Waals surface area contributed by atoms with Gasteiger partial charge in [-0.2, -0.15) is 5.10 Å². The highest BCUT2D eigenvalue weighted by Crippen LogP contribution is 2.41. The third-order valence-corrected chi connectivity index (χ3v) is 5.29. The van der Waals surface area contributed by atoms with Gasteiger partial charge in [-0.05, 0) is 25.3 Å². The van der Waals surface area contributed by atoms with Crippen molar-refractivity contribution in [2.75, 3.05) is 6.54 Å². The zero-order valence-electron chi connectivity index (χ0n) is 12.0. The summed E-state index contributed by atoms with van der Waals surface area (Å²) in [5.74, 6) is 0.683. The van der Waals surface area contributed by atoms with E-state index in [0.29, 0.717) is 12.5 Å². The Balaban J connectivity index is 1.97. The molecule has 0 unspecified atom stereocenters. The molecule has 2 heterocycles. The fourth-order valence-corrected chi connectivity index (χ4v) is 4.27. The zero-order chi connectivity index (χ0) is 13.9. The molecular weight excluding hydrogens is 268 g/mol. The maximum Gasteiger partial charge on any atom is 0.0948 e. The second kappa shape index (κ2) is 6.06. The zero-order valence-corrected chi connectivity index (χ0v) is 12.8. The molecule has 2 aromatic heterocycles. The molecule has 0 atom stereocenters. The summed E-state index contributed by atoms with van der Waals surface area (Å²) in [5.41, 5.74) is 7.99. The third kappa shape index (κ3) is 2.79. The number of nitrogens with zero attached hydrogens (tertiary/aromatic N) is 3. The minimum atomic E-state index is 0.671. The van der Waals surface area contributed by atoms with Crippen LogP contribution in [0.1, 0.15) is 47.9 Å². The summed E-state index contributed by atoms with van der Waals surface area (Å²) in [6.45, 7) is 0.671. The van der Waals surface area contributed by atoms with Gasteiger partial charge < -0.3 is 5.73 Å². The van der Waals surface area contributed by atoms with Gasteiger partial charge in [0.1, 0.15) is 0 Å². The molecule has 4 nitrogen and oxygen atoms in total. The number of aryl methyl sites for hydroxylation is 1. The van der Waals surface area contributed by atoms with Gasteiger partial charge in [0.2, 0.25) is 0 Å². The molecule has 2 aromatic rings. The summed E-state index contributed by atoms with van der Waals surface area (Å²) in [6.07, 6.45) is 11.6. The minimum absolute atomic E-state index is 0.671. The van der Waals surface area contributed by atoms with Crippen molar-refractivity contribution < 1.29 is 0 Å². The number of hydrogen-bond acceptors (Lipinski definition) is 4. The van der Waals surface area contributed by atoms with Gasteiger partial charge in [-0.15, -0.1) is 11.3 Å². The van der Waals surface area contributed by atoms with Crippen LogP contribution in [0.15, 0.2) is 12.4 Å². The summed E-state index contributed by atoms with van der Waals surface area (Å²) in [5, 5.41) is 5.46. The van der Waals surface area contributed by atoms with E-state index in [1.54, 1.807) is 0 Å². The number of hydrogen-bond donors (Lipinski definition) is 1. The van der Waals surface area contributed by atoms with Crippen LogP contribution in [0.25, 0.3) is 11.3 Å². The lowest BCUT2D eigenvalue weighted by atomic mass is 9.87. The predicted molar refractivity (Wildman–Crippen MR) is 82.9 cm³/mol. The largest absolute Gasteiger partial charge is 0.330 e. The Hall–Kier alpha value is -1.20. The molecule has 0 radical (unpaired) electrons. The molecule has 3 rings (SSSR count). The molecule has 2 N–H and O–H groups in total. The quantitative estimate of drug-likeness (QED) is 0.941. The molecule has 1 aliphatic rings. The lowest BCUT2D eigenvalue weighted by Gasteiger charge is -2.20. The average Bonchev–Trinajstić information content (AvgIpc) is 3.06. The van der Waals surface area contributed by atoms with Crippen molar-refractivity contribution in [2.24, 2.45) is 12.8 Å². The van der Waals surface area contributed by atoms with Crippen LogP contribution >= 0.6 is 11.3 Å². The van der Waals surface area contributed by atoms with E-state index in [0.717, 1.165) is 17.7 Å². The molecule has 108 valence electrons. The van der Waals surface area contributed by atoms with Crippen molar-refractivity contribution in [3.8, 4) is 11.3 Å². The van der Waals surface area contributed by atoms with Crippen molar-refractivity contribution in [3.63, 3.8) is 0 Å². The topological polar surface area (TPSA) is 56.7 Å². The Labute approximate surface area is 124 Å². The van der Waals surface area contributed by atoms with Gasteiger partial charge >= 0.3 is 0 Å². The van der Waals surface area contributed by atoms with Crippen molar-refractivity contribution >= 4 is 11.3 Å². The van der Waals surface area contributed by atoms with Crippen LogP contribution in [0.3, 0.4) is 0 Å². The second-order valence-electron chi connectivity index (χ2n) is 5.60. The smallest absolute Gasteiger partial charge is 0.0948 e. The predicted octanol–water partition coefficient (Wildman–Crippen LogP) is 3.09. The molecule has 0 spiro atoms. The fourth-order valence-electron chi connectivity index (χ4n) is 3.00. The van der Waals surface area contributed by atoms with Crippen molar-refractivity contribution in [1.82, 2.24) is 14.8 Å². The highest BCUT2D eigenvalue weighted by atomic mass is 32.1. The van der Waals surface area contributed by atoms with E-state index < -0.39 is 0 Å². The van der Waals surface area contributed by atoms with E-state index in [1.807, 2.05) is 29.3 Å². The maximum atomic E-state index is 5.69. The highest BCUT2D eigenvalue weighted by Gasteiger charge is 2.23. The molecule has 0 aliphatic heterocycles. The molecule has 1 saturated carbocycles. The van der Waals surface area contributed by atoms with Crippen molar-refractivity contribution in [2.45, 2.75) is 44.4 Å². The Morgan fingerprint density at radius 1 is 1.35 bits per heavy atom. The third-order valence-electron chi connectivity index (χ3n) is 4.01. The summed E-state index contributed by atoms with van der Waals surface area (Å²) >= 11 is 1.87. The van der Waals surface area contributed by atoms with Gasteiger partial charge in [-0.25, -0.2) is 4.98 Å². The minimum Gasteiger partial charge on any atom is -0.330 e. The van der Waals surface area contributed by atoms with Crippen LogP contribution in [0.4, 0.5) is 0 Å². The van der Waals surface area contributed by atoms with Gasteiger partial charge in [-0.3, -0.25) is 4.68 Å². The van der Waals surface area contributed by atoms with Crippen LogP contribution in [-0.2, 0) is 13.5 Å². The van der Waals surface area contributed by atoms with E-state index in [2.05, 4.69) is 11.3 Å². The molecule has 0 saturated heterocycles. The summed E-state index contributed by atoms with van der Waals surface area (Å²) in [7, 11) is 1.96. The fraction of sp³-hybridized carbons (Fsp3) is 0.600. The lowest BCUT2D eigenvalue weighted by Crippen LogP contribution is -2.03. The van der Waals surface area contributed by atoms with E-state index in [-0.39, 0.29) is 0 Å². The first-order valence-electron chi connectivity index (χ1n) is 7.46. The number of thiazole rings is 1. The monoisotopic (exact) mass is 290 g/mol. The van der Waals surface area contributed by atoms with Gasteiger partial charge in [0.15, 0.2) is 0 Å². The van der Waals surface area contributed by atoms with Gasteiger partial charge in [0.05, 0.1) is 16.9 Å². The molecule has 0 bridgehead atoms. The molecular formula is C15H22N4S. The summed E-state index contributed by atoms with van der Waals surface area (Å²) < 4.78 is 1.85. The number of rotatable bonds is 4. The second-order valence-corrected chi connectivity index (χ2v) is 6.71. The Bertz CT molecular complexity index is 566. The van der Waals surface area contributed by atoms with E-state index in [1.165, 1.54) is 42.0 Å².